The maximum absolute atomic E-state index is 9.97. The molecule has 3 nitrogen and oxygen atoms in total. The van der Waals surface area contributed by atoms with E-state index in [1.54, 1.807) is 0 Å². The quantitative estimate of drug-likeness (QED) is 0.562. The van der Waals surface area contributed by atoms with Crippen LogP contribution in [-0.2, 0) is 0 Å². The Labute approximate surface area is 172 Å². The van der Waals surface area contributed by atoms with Gasteiger partial charge in [0.15, 0.2) is 0 Å². The molecule has 0 aliphatic heterocycles. The van der Waals surface area contributed by atoms with Crippen LogP contribution in [0.15, 0.2) is 36.0 Å². The third-order valence-electron chi connectivity index (χ3n) is 6.92. The van der Waals surface area contributed by atoms with Gasteiger partial charge >= 0.3 is 0 Å². The molecule has 2 aliphatic rings. The van der Waals surface area contributed by atoms with Gasteiger partial charge < -0.3 is 15.3 Å². The molecule has 0 aromatic heterocycles. The average molecular weight is 391 g/mol. The molecule has 2 fully saturated rings. The molecule has 0 saturated heterocycles. The first-order chi connectivity index (χ1) is 13.1. The van der Waals surface area contributed by atoms with Crippen molar-refractivity contribution in [1.29, 1.82) is 0 Å². The molecule has 28 heavy (non-hydrogen) atoms. The molecule has 3 N–H and O–H groups in total. The van der Waals surface area contributed by atoms with Crippen LogP contribution in [0.25, 0.3) is 0 Å². The van der Waals surface area contributed by atoms with Crippen molar-refractivity contribution in [2.45, 2.75) is 96.9 Å². The molecule has 0 radical (unpaired) electrons. The molecule has 0 spiro atoms. The molecular formula is C25H42O3. The lowest BCUT2D eigenvalue weighted by Crippen LogP contribution is -2.28. The topological polar surface area (TPSA) is 60.7 Å². The number of aliphatic hydroxyl groups is 3. The molecule has 3 heteroatoms. The molecule has 2 saturated carbocycles. The molecule has 2 aliphatic carbocycles. The number of rotatable bonds is 7. The summed E-state index contributed by atoms with van der Waals surface area (Å²) in [4.78, 5) is 0. The Balaban J connectivity index is 1.90. The van der Waals surface area contributed by atoms with Crippen LogP contribution in [0.5, 0.6) is 0 Å². The fourth-order valence-corrected chi connectivity index (χ4v) is 5.02. The summed E-state index contributed by atoms with van der Waals surface area (Å²) >= 11 is 0. The van der Waals surface area contributed by atoms with Crippen molar-refractivity contribution in [1.82, 2.24) is 0 Å². The van der Waals surface area contributed by atoms with E-state index in [0.717, 1.165) is 35.8 Å². The lowest BCUT2D eigenvalue weighted by Gasteiger charge is -2.37. The SMILES string of the molecule is C=C1/C(=C\C=C\[C@@H]2CC[C@H](C)[C@H]([C@H](C)CCCC(C)(C)O)C2)C[C@@H](O)C[C@@H]1O. The van der Waals surface area contributed by atoms with E-state index in [9.17, 15) is 15.3 Å². The van der Waals surface area contributed by atoms with Crippen LogP contribution in [0.3, 0.4) is 0 Å². The summed E-state index contributed by atoms with van der Waals surface area (Å²) in [6.45, 7) is 12.6. The normalized spacial score (nSPS) is 34.9. The van der Waals surface area contributed by atoms with E-state index in [1.165, 1.54) is 25.7 Å². The highest BCUT2D eigenvalue weighted by Gasteiger charge is 2.30. The van der Waals surface area contributed by atoms with E-state index in [2.05, 4.69) is 32.6 Å². The summed E-state index contributed by atoms with van der Waals surface area (Å²) < 4.78 is 0. The molecule has 160 valence electrons. The Morgan fingerprint density at radius 2 is 1.93 bits per heavy atom. The summed E-state index contributed by atoms with van der Waals surface area (Å²) in [6, 6.07) is 0. The van der Waals surface area contributed by atoms with Gasteiger partial charge in [-0.15, -0.1) is 0 Å². The standard InChI is InChI=1S/C25H42O3/c1-17(8-7-13-25(4,5)28)23-14-20(12-11-18(23)2)9-6-10-21-15-22(26)16-24(27)19(21)3/h6,9-10,17-18,20,22-24,26-28H,3,7-8,11-16H2,1-2,4-5H3/b9-6+,21-10-/t17-,18+,20-,22-,23+,24+/m1/s1. The van der Waals surface area contributed by atoms with Crippen molar-refractivity contribution in [2.75, 3.05) is 0 Å². The van der Waals surface area contributed by atoms with Crippen LogP contribution in [0.2, 0.25) is 0 Å². The van der Waals surface area contributed by atoms with Crippen molar-refractivity contribution in [2.24, 2.45) is 23.7 Å². The summed E-state index contributed by atoms with van der Waals surface area (Å²) in [6.07, 6.45) is 13.3. The zero-order valence-electron chi connectivity index (χ0n) is 18.4. The third kappa shape index (κ3) is 7.17. The molecule has 6 atom stereocenters. The fraction of sp³-hybridized carbons (Fsp3) is 0.760. The Morgan fingerprint density at radius 3 is 2.61 bits per heavy atom. The van der Waals surface area contributed by atoms with Crippen molar-refractivity contribution in [3.8, 4) is 0 Å². The second-order valence-electron chi connectivity index (χ2n) is 10.1. The van der Waals surface area contributed by atoms with Crippen LogP contribution in [0.4, 0.5) is 0 Å². The number of allylic oxidation sites excluding steroid dienone is 3. The second kappa shape index (κ2) is 10.2. The van der Waals surface area contributed by atoms with Crippen molar-refractivity contribution < 1.29 is 15.3 Å². The van der Waals surface area contributed by atoms with Crippen molar-refractivity contribution >= 4 is 0 Å². The Hall–Kier alpha value is -0.900. The van der Waals surface area contributed by atoms with Crippen LogP contribution < -0.4 is 0 Å². The molecule has 0 amide bonds. The summed E-state index contributed by atoms with van der Waals surface area (Å²) in [5.74, 6) is 2.80. The lowest BCUT2D eigenvalue weighted by molar-refractivity contribution is 0.0635. The first-order valence-corrected chi connectivity index (χ1v) is 11.2. The predicted molar refractivity (Wildman–Crippen MR) is 117 cm³/mol. The highest BCUT2D eigenvalue weighted by Crippen LogP contribution is 2.40. The van der Waals surface area contributed by atoms with Crippen molar-refractivity contribution in [3.63, 3.8) is 0 Å². The van der Waals surface area contributed by atoms with Gasteiger partial charge in [0.2, 0.25) is 0 Å². The fourth-order valence-electron chi connectivity index (χ4n) is 5.02. The van der Waals surface area contributed by atoms with E-state index in [1.807, 2.05) is 19.9 Å². The predicted octanol–water partition coefficient (Wildman–Crippen LogP) is 5.17. The molecule has 0 unspecified atom stereocenters. The van der Waals surface area contributed by atoms with Gasteiger partial charge in [-0.1, -0.05) is 51.5 Å². The van der Waals surface area contributed by atoms with E-state index in [4.69, 9.17) is 0 Å². The number of aliphatic hydroxyl groups excluding tert-OH is 2. The summed E-state index contributed by atoms with van der Waals surface area (Å²) in [7, 11) is 0. The Bertz CT molecular complexity index is 569. The van der Waals surface area contributed by atoms with Crippen LogP contribution in [0.1, 0.15) is 79.1 Å². The van der Waals surface area contributed by atoms with Gasteiger partial charge in [-0.3, -0.25) is 0 Å². The Morgan fingerprint density at radius 1 is 1.21 bits per heavy atom. The van der Waals surface area contributed by atoms with Gasteiger partial charge in [0, 0.05) is 6.42 Å². The first-order valence-electron chi connectivity index (χ1n) is 11.2. The van der Waals surface area contributed by atoms with Gasteiger partial charge in [0.05, 0.1) is 17.8 Å². The largest absolute Gasteiger partial charge is 0.393 e. The average Bonchev–Trinajstić information content (AvgIpc) is 2.59. The maximum Gasteiger partial charge on any atom is 0.0811 e. The molecule has 0 aromatic rings. The highest BCUT2D eigenvalue weighted by molar-refractivity contribution is 5.37. The minimum atomic E-state index is -0.618. The molecular weight excluding hydrogens is 348 g/mol. The third-order valence-corrected chi connectivity index (χ3v) is 6.92. The van der Waals surface area contributed by atoms with E-state index in [0.29, 0.717) is 24.7 Å². The number of hydrogen-bond acceptors (Lipinski definition) is 3. The maximum atomic E-state index is 9.97. The number of hydrogen-bond donors (Lipinski definition) is 3. The minimum absolute atomic E-state index is 0.396. The second-order valence-corrected chi connectivity index (χ2v) is 10.1. The Kier molecular flexibility index (Phi) is 8.54. The summed E-state index contributed by atoms with van der Waals surface area (Å²) in [5, 5.41) is 29.8. The van der Waals surface area contributed by atoms with Crippen LogP contribution in [0, 0.1) is 23.7 Å². The van der Waals surface area contributed by atoms with Gasteiger partial charge in [0.25, 0.3) is 0 Å². The molecule has 0 aromatic carbocycles. The molecule has 2 rings (SSSR count). The van der Waals surface area contributed by atoms with Gasteiger partial charge in [-0.25, -0.2) is 0 Å². The summed E-state index contributed by atoms with van der Waals surface area (Å²) in [5.41, 5.74) is 1.18. The van der Waals surface area contributed by atoms with E-state index in [-0.39, 0.29) is 0 Å². The zero-order valence-corrected chi connectivity index (χ0v) is 18.4. The zero-order chi connectivity index (χ0) is 20.9. The smallest absolute Gasteiger partial charge is 0.0811 e. The van der Waals surface area contributed by atoms with Crippen LogP contribution >= 0.6 is 0 Å². The van der Waals surface area contributed by atoms with Gasteiger partial charge in [-0.2, -0.15) is 0 Å². The molecule has 0 bridgehead atoms. The van der Waals surface area contributed by atoms with E-state index < -0.39 is 17.8 Å². The van der Waals surface area contributed by atoms with Gasteiger partial charge in [-0.05, 0) is 80.8 Å². The van der Waals surface area contributed by atoms with Crippen molar-refractivity contribution in [3.05, 3.63) is 36.0 Å². The van der Waals surface area contributed by atoms with Crippen LogP contribution in [-0.4, -0.2) is 33.1 Å². The first kappa shape index (κ1) is 23.4. The lowest BCUT2D eigenvalue weighted by atomic mass is 9.68. The highest BCUT2D eigenvalue weighted by atomic mass is 16.3. The minimum Gasteiger partial charge on any atom is -0.393 e. The molecule has 0 heterocycles. The monoisotopic (exact) mass is 390 g/mol. The van der Waals surface area contributed by atoms with Gasteiger partial charge in [0.1, 0.15) is 0 Å². The van der Waals surface area contributed by atoms with E-state index >= 15 is 0 Å².